The zero-order chi connectivity index (χ0) is 17.3. The summed E-state index contributed by atoms with van der Waals surface area (Å²) in [6.45, 7) is 8.25. The number of rotatable bonds is 3. The van der Waals surface area contributed by atoms with Crippen molar-refractivity contribution in [1.82, 2.24) is 19.7 Å². The first-order valence-corrected chi connectivity index (χ1v) is 9.56. The van der Waals surface area contributed by atoms with Crippen LogP contribution in [0.3, 0.4) is 0 Å². The Kier molecular flexibility index (Phi) is 4.92. The second kappa shape index (κ2) is 6.80. The number of piperidine rings is 1. The number of aromatic nitrogens is 1. The van der Waals surface area contributed by atoms with Gasteiger partial charge in [-0.05, 0) is 18.8 Å². The lowest BCUT2D eigenvalue weighted by Gasteiger charge is -2.52. The highest BCUT2D eigenvalue weighted by Crippen LogP contribution is 2.34. The Morgan fingerprint density at radius 3 is 2.58 bits per heavy atom. The monoisotopic (exact) mass is 350 g/mol. The van der Waals surface area contributed by atoms with Crippen LogP contribution < -0.4 is 0 Å². The zero-order valence-electron chi connectivity index (χ0n) is 14.7. The predicted molar refractivity (Wildman–Crippen MR) is 94.0 cm³/mol. The molecule has 0 aliphatic carbocycles. The molecule has 0 radical (unpaired) electrons. The normalized spacial score (nSPS) is 21.8. The van der Waals surface area contributed by atoms with E-state index >= 15 is 0 Å². The molecule has 3 rings (SSSR count). The van der Waals surface area contributed by atoms with Crippen LogP contribution >= 0.6 is 11.3 Å². The van der Waals surface area contributed by atoms with E-state index in [4.69, 9.17) is 0 Å². The molecular weight excluding hydrogens is 324 g/mol. The van der Waals surface area contributed by atoms with Crippen molar-refractivity contribution in [2.24, 2.45) is 5.92 Å². The van der Waals surface area contributed by atoms with E-state index in [1.54, 1.807) is 10.9 Å². The molecule has 2 aliphatic rings. The number of piperazine rings is 1. The first kappa shape index (κ1) is 17.4. The number of carbonyl (C=O) groups is 2. The average Bonchev–Trinajstić information content (AvgIpc) is 3.10. The van der Waals surface area contributed by atoms with Crippen LogP contribution in [0.4, 0.5) is 0 Å². The lowest BCUT2D eigenvalue weighted by molar-refractivity contribution is -0.154. The quantitative estimate of drug-likeness (QED) is 0.830. The fraction of sp³-hybridized carbons (Fsp3) is 0.706. The summed E-state index contributed by atoms with van der Waals surface area (Å²) in [6, 6.07) is 0. The Bertz CT molecular complexity index is 594. The maximum Gasteiger partial charge on any atom is 0.273 e. The summed E-state index contributed by atoms with van der Waals surface area (Å²) >= 11 is 1.43. The molecule has 3 heterocycles. The summed E-state index contributed by atoms with van der Waals surface area (Å²) in [5.41, 5.74) is 1.76. The number of hydrogen-bond acceptors (Lipinski definition) is 5. The highest BCUT2D eigenvalue weighted by atomic mass is 32.1. The molecule has 0 aromatic carbocycles. The summed E-state index contributed by atoms with van der Waals surface area (Å²) in [5, 5.41) is 1.79. The van der Waals surface area contributed by atoms with Gasteiger partial charge in [-0.1, -0.05) is 13.8 Å². The summed E-state index contributed by atoms with van der Waals surface area (Å²) in [5.74, 6) is 0.723. The molecule has 0 bridgehead atoms. The Hall–Kier alpha value is -1.47. The van der Waals surface area contributed by atoms with E-state index in [9.17, 15) is 9.59 Å². The number of carbonyl (C=O) groups excluding carboxylic acids is 2. The largest absolute Gasteiger partial charge is 0.343 e. The highest BCUT2D eigenvalue weighted by Gasteiger charge is 2.50. The van der Waals surface area contributed by atoms with Gasteiger partial charge in [0.1, 0.15) is 11.2 Å². The summed E-state index contributed by atoms with van der Waals surface area (Å²) < 4.78 is 0. The molecule has 0 atom stereocenters. The predicted octanol–water partition coefficient (Wildman–Crippen LogP) is 1.55. The van der Waals surface area contributed by atoms with Crippen LogP contribution in [0.1, 0.15) is 37.2 Å². The van der Waals surface area contributed by atoms with Crippen molar-refractivity contribution in [3.8, 4) is 0 Å². The molecule has 2 saturated heterocycles. The summed E-state index contributed by atoms with van der Waals surface area (Å²) in [6.07, 6.45) is 1.41. The lowest BCUT2D eigenvalue weighted by Crippen LogP contribution is -2.68. The molecule has 1 spiro atoms. The molecule has 0 saturated carbocycles. The van der Waals surface area contributed by atoms with Crippen LogP contribution in [-0.4, -0.2) is 76.8 Å². The van der Waals surface area contributed by atoms with Crippen LogP contribution in [0.5, 0.6) is 0 Å². The summed E-state index contributed by atoms with van der Waals surface area (Å²) in [7, 11) is 1.89. The van der Waals surface area contributed by atoms with Crippen molar-refractivity contribution in [1.29, 1.82) is 0 Å². The lowest BCUT2D eigenvalue weighted by atomic mass is 9.82. The van der Waals surface area contributed by atoms with Crippen molar-refractivity contribution in [3.63, 3.8) is 0 Å². The molecular formula is C17H26N4O2S. The van der Waals surface area contributed by atoms with Crippen LogP contribution in [0.25, 0.3) is 0 Å². The topological polar surface area (TPSA) is 56.8 Å². The van der Waals surface area contributed by atoms with Gasteiger partial charge < -0.3 is 9.80 Å². The Morgan fingerprint density at radius 2 is 2.00 bits per heavy atom. The van der Waals surface area contributed by atoms with Crippen LogP contribution in [0.15, 0.2) is 10.9 Å². The van der Waals surface area contributed by atoms with Gasteiger partial charge in [0.25, 0.3) is 5.91 Å². The molecule has 2 amide bonds. The van der Waals surface area contributed by atoms with E-state index in [-0.39, 0.29) is 11.8 Å². The van der Waals surface area contributed by atoms with Gasteiger partial charge in [0, 0.05) is 45.2 Å². The second-order valence-corrected chi connectivity index (χ2v) is 7.98. The van der Waals surface area contributed by atoms with Gasteiger partial charge in [-0.3, -0.25) is 14.5 Å². The first-order valence-electron chi connectivity index (χ1n) is 8.62. The maximum absolute atomic E-state index is 13.0. The van der Waals surface area contributed by atoms with E-state index < -0.39 is 5.54 Å². The highest BCUT2D eigenvalue weighted by molar-refractivity contribution is 7.07. The van der Waals surface area contributed by atoms with E-state index in [1.165, 1.54) is 11.3 Å². The Morgan fingerprint density at radius 1 is 1.29 bits per heavy atom. The molecule has 6 nitrogen and oxygen atoms in total. The SMILES string of the molecule is CC(C)CN1CCN(C)C(=O)C12CCN(C(=O)c1cscn1)CC2. The van der Waals surface area contributed by atoms with E-state index in [2.05, 4.69) is 23.7 Å². The van der Waals surface area contributed by atoms with Crippen LogP contribution in [-0.2, 0) is 4.79 Å². The van der Waals surface area contributed by atoms with Crippen molar-refractivity contribution >= 4 is 23.2 Å². The molecule has 0 unspecified atom stereocenters. The number of thiazole rings is 1. The molecule has 1 aromatic rings. The van der Waals surface area contributed by atoms with Gasteiger partial charge in [0.05, 0.1) is 5.51 Å². The first-order chi connectivity index (χ1) is 11.4. The van der Waals surface area contributed by atoms with Gasteiger partial charge >= 0.3 is 0 Å². The van der Waals surface area contributed by atoms with Crippen LogP contribution in [0.2, 0.25) is 0 Å². The maximum atomic E-state index is 13.0. The molecule has 0 N–H and O–H groups in total. The van der Waals surface area contributed by atoms with Gasteiger partial charge in [0.15, 0.2) is 0 Å². The van der Waals surface area contributed by atoms with Crippen molar-refractivity contribution in [2.75, 3.05) is 39.8 Å². The Labute approximate surface area is 147 Å². The van der Waals surface area contributed by atoms with E-state index in [0.717, 1.165) is 19.6 Å². The number of nitrogens with zero attached hydrogens (tertiary/aromatic N) is 4. The van der Waals surface area contributed by atoms with Gasteiger partial charge in [-0.2, -0.15) is 0 Å². The minimum Gasteiger partial charge on any atom is -0.343 e. The number of amides is 2. The number of hydrogen-bond donors (Lipinski definition) is 0. The standard InChI is InChI=1S/C17H26N4O2S/c1-13(2)10-21-9-8-19(3)16(23)17(21)4-6-20(7-5-17)15(22)14-11-24-12-18-14/h11-13H,4-10H2,1-3H3. The Balaban J connectivity index is 1.75. The fourth-order valence-corrected chi connectivity index (χ4v) is 4.40. The zero-order valence-corrected chi connectivity index (χ0v) is 15.5. The molecule has 2 aliphatic heterocycles. The van der Waals surface area contributed by atoms with Crippen LogP contribution in [0, 0.1) is 5.92 Å². The molecule has 7 heteroatoms. The van der Waals surface area contributed by atoms with E-state index in [0.29, 0.717) is 37.5 Å². The van der Waals surface area contributed by atoms with Gasteiger partial charge in [0.2, 0.25) is 5.91 Å². The van der Waals surface area contributed by atoms with Crippen molar-refractivity contribution in [3.05, 3.63) is 16.6 Å². The minimum absolute atomic E-state index is 0.0156. The average molecular weight is 350 g/mol. The molecule has 2 fully saturated rings. The van der Waals surface area contributed by atoms with Crippen molar-refractivity contribution < 1.29 is 9.59 Å². The third kappa shape index (κ3) is 3.07. The fourth-order valence-electron chi connectivity index (χ4n) is 3.87. The van der Waals surface area contributed by atoms with Crippen molar-refractivity contribution in [2.45, 2.75) is 32.2 Å². The van der Waals surface area contributed by atoms with Gasteiger partial charge in [-0.15, -0.1) is 11.3 Å². The third-order valence-electron chi connectivity index (χ3n) is 5.17. The van der Waals surface area contributed by atoms with E-state index in [1.807, 2.05) is 16.8 Å². The second-order valence-electron chi connectivity index (χ2n) is 7.26. The molecule has 132 valence electrons. The number of likely N-dealkylation sites (N-methyl/N-ethyl adjacent to an activating group) is 1. The number of likely N-dealkylation sites (tertiary alicyclic amines) is 1. The third-order valence-corrected chi connectivity index (χ3v) is 5.76. The minimum atomic E-state index is -0.434. The summed E-state index contributed by atoms with van der Waals surface area (Å²) in [4.78, 5) is 35.7. The van der Waals surface area contributed by atoms with Gasteiger partial charge in [-0.25, -0.2) is 4.98 Å². The molecule has 24 heavy (non-hydrogen) atoms. The molecule has 1 aromatic heterocycles. The smallest absolute Gasteiger partial charge is 0.273 e.